The van der Waals surface area contributed by atoms with Gasteiger partial charge in [-0.3, -0.25) is 20.6 Å². The molecule has 0 amide bonds. The van der Waals surface area contributed by atoms with Crippen LogP contribution in [0.2, 0.25) is 0 Å². The lowest BCUT2D eigenvalue weighted by molar-refractivity contribution is 0.829. The molecule has 4 aromatic carbocycles. The predicted octanol–water partition coefficient (Wildman–Crippen LogP) is 10.4. The molecular formula is C39H44N6. The van der Waals surface area contributed by atoms with Crippen LogP contribution < -0.4 is 9.80 Å². The second kappa shape index (κ2) is 11.7. The number of nitrogens with one attached hydrogen (secondary N) is 2. The molecule has 0 atom stereocenters. The van der Waals surface area contributed by atoms with Gasteiger partial charge in [-0.05, 0) is 58.1 Å². The van der Waals surface area contributed by atoms with Crippen LogP contribution in [-0.4, -0.2) is 22.3 Å². The van der Waals surface area contributed by atoms with Crippen LogP contribution in [0.25, 0.3) is 21.8 Å². The molecule has 1 aliphatic heterocycles. The van der Waals surface area contributed by atoms with Crippen molar-refractivity contribution in [3.8, 4) is 0 Å². The fourth-order valence-electron chi connectivity index (χ4n) is 6.66. The molecule has 0 unspecified atom stereocenters. The normalized spacial score (nSPS) is 14.1. The monoisotopic (exact) mass is 596 g/mol. The van der Waals surface area contributed by atoms with E-state index >= 15 is 0 Å². The number of benzene rings is 4. The number of guanidine groups is 1. The van der Waals surface area contributed by atoms with Crippen molar-refractivity contribution in [2.24, 2.45) is 5.10 Å². The van der Waals surface area contributed by atoms with E-state index in [1.807, 2.05) is 26.6 Å². The molecule has 0 radical (unpaired) electrons. The zero-order valence-corrected chi connectivity index (χ0v) is 27.7. The summed E-state index contributed by atoms with van der Waals surface area (Å²) in [5.41, 5.74) is 8.42. The maximum atomic E-state index is 9.61. The molecule has 2 N–H and O–H groups in total. The topological polar surface area (TPSA) is 71.5 Å². The van der Waals surface area contributed by atoms with E-state index in [0.717, 1.165) is 55.4 Å². The number of anilines is 2. The van der Waals surface area contributed by atoms with Crippen molar-refractivity contribution < 1.29 is 0 Å². The molecule has 45 heavy (non-hydrogen) atoms. The minimum Gasteiger partial charge on any atom is -0.281 e. The Bertz CT molecular complexity index is 1780. The van der Waals surface area contributed by atoms with Gasteiger partial charge in [-0.2, -0.15) is 0 Å². The Morgan fingerprint density at radius 2 is 0.800 bits per heavy atom. The third kappa shape index (κ3) is 4.93. The third-order valence-corrected chi connectivity index (χ3v) is 8.95. The van der Waals surface area contributed by atoms with Gasteiger partial charge in [0.1, 0.15) is 0 Å². The van der Waals surface area contributed by atoms with E-state index in [0.29, 0.717) is 5.96 Å². The van der Waals surface area contributed by atoms with Crippen LogP contribution in [0.1, 0.15) is 101 Å². The first kappa shape index (κ1) is 30.3. The van der Waals surface area contributed by atoms with Gasteiger partial charge in [0, 0.05) is 10.8 Å². The zero-order chi connectivity index (χ0) is 32.2. The maximum Gasteiger partial charge on any atom is 0.240 e. The SMILES string of the molecule is CC(C)c1cccc(C(C)C)c1N1C(=N)C(=N)N(c2c(C(C)C)cccc2C(C)C)C1=Nn1c2ccccc2c2ccccc21. The summed E-state index contributed by atoms with van der Waals surface area (Å²) in [5.74, 6) is 1.62. The van der Waals surface area contributed by atoms with E-state index < -0.39 is 0 Å². The van der Waals surface area contributed by atoms with E-state index in [2.05, 4.69) is 128 Å². The average Bonchev–Trinajstić information content (AvgIpc) is 3.46. The first-order valence-corrected chi connectivity index (χ1v) is 16.1. The van der Waals surface area contributed by atoms with Gasteiger partial charge in [0.25, 0.3) is 0 Å². The van der Waals surface area contributed by atoms with Gasteiger partial charge in [0.2, 0.25) is 5.96 Å². The van der Waals surface area contributed by atoms with Crippen LogP contribution in [0.15, 0.2) is 90.0 Å². The van der Waals surface area contributed by atoms with Crippen LogP contribution in [0.3, 0.4) is 0 Å². The highest BCUT2D eigenvalue weighted by Crippen LogP contribution is 2.43. The van der Waals surface area contributed by atoms with Gasteiger partial charge in [0.05, 0.1) is 22.4 Å². The summed E-state index contributed by atoms with van der Waals surface area (Å²) < 4.78 is 2.01. The average molecular weight is 597 g/mol. The number of fused-ring (bicyclic) bond motifs is 3. The van der Waals surface area contributed by atoms with Gasteiger partial charge in [-0.25, -0.2) is 4.68 Å². The van der Waals surface area contributed by atoms with Crippen molar-refractivity contribution in [2.75, 3.05) is 9.80 Å². The summed E-state index contributed by atoms with van der Waals surface area (Å²) in [6.45, 7) is 17.6. The highest BCUT2D eigenvalue weighted by atomic mass is 15.5. The van der Waals surface area contributed by atoms with Crippen LogP contribution in [0.4, 0.5) is 11.4 Å². The van der Waals surface area contributed by atoms with Gasteiger partial charge in [0.15, 0.2) is 11.7 Å². The lowest BCUT2D eigenvalue weighted by atomic mass is 9.91. The molecule has 0 saturated carbocycles. The Morgan fingerprint density at radius 1 is 0.467 bits per heavy atom. The van der Waals surface area contributed by atoms with Crippen molar-refractivity contribution in [3.05, 3.63) is 107 Å². The summed E-state index contributed by atoms with van der Waals surface area (Å²) in [5, 5.41) is 27.0. The number of aromatic nitrogens is 1. The van der Waals surface area contributed by atoms with E-state index in [-0.39, 0.29) is 35.3 Å². The Hall–Kier alpha value is -4.71. The van der Waals surface area contributed by atoms with Crippen molar-refractivity contribution in [2.45, 2.75) is 79.1 Å². The summed E-state index contributed by atoms with van der Waals surface area (Å²) in [4.78, 5) is 3.88. The molecule has 6 nitrogen and oxygen atoms in total. The molecule has 0 spiro atoms. The number of hydrogen-bond acceptors (Lipinski definition) is 3. The number of nitrogens with zero attached hydrogens (tertiary/aromatic N) is 4. The first-order chi connectivity index (χ1) is 21.5. The Balaban J connectivity index is 1.77. The quantitative estimate of drug-likeness (QED) is 0.196. The Labute approximate surface area is 267 Å². The van der Waals surface area contributed by atoms with Crippen molar-refractivity contribution in [3.63, 3.8) is 0 Å². The van der Waals surface area contributed by atoms with E-state index in [4.69, 9.17) is 5.10 Å². The number of rotatable bonds is 7. The van der Waals surface area contributed by atoms with Gasteiger partial charge in [-0.1, -0.05) is 128 Å². The van der Waals surface area contributed by atoms with Crippen LogP contribution in [0, 0.1) is 10.8 Å². The minimum absolute atomic E-state index is 0.123. The summed E-state index contributed by atoms with van der Waals surface area (Å²) in [7, 11) is 0. The Kier molecular flexibility index (Phi) is 7.86. The summed E-state index contributed by atoms with van der Waals surface area (Å²) >= 11 is 0. The molecule has 2 heterocycles. The van der Waals surface area contributed by atoms with Gasteiger partial charge >= 0.3 is 0 Å². The molecule has 1 aliphatic rings. The first-order valence-electron chi connectivity index (χ1n) is 16.1. The van der Waals surface area contributed by atoms with Crippen molar-refractivity contribution >= 4 is 50.8 Å². The van der Waals surface area contributed by atoms with E-state index in [1.165, 1.54) is 0 Å². The van der Waals surface area contributed by atoms with Crippen LogP contribution in [0.5, 0.6) is 0 Å². The lowest BCUT2D eigenvalue weighted by Gasteiger charge is -2.30. The van der Waals surface area contributed by atoms with Crippen molar-refractivity contribution in [1.29, 1.82) is 10.8 Å². The molecule has 0 bridgehead atoms. The molecule has 5 aromatic rings. The van der Waals surface area contributed by atoms with Gasteiger partial charge < -0.3 is 0 Å². The van der Waals surface area contributed by atoms with Crippen LogP contribution in [-0.2, 0) is 0 Å². The molecule has 1 saturated heterocycles. The number of hydrogen-bond donors (Lipinski definition) is 2. The fraction of sp³-hybridized carbons (Fsp3) is 0.308. The lowest BCUT2D eigenvalue weighted by Crippen LogP contribution is -2.38. The molecule has 6 rings (SSSR count). The highest BCUT2D eigenvalue weighted by Gasteiger charge is 2.43. The number of para-hydroxylation sites is 4. The van der Waals surface area contributed by atoms with E-state index in [1.54, 1.807) is 0 Å². The minimum atomic E-state index is 0.123. The molecule has 6 heteroatoms. The molecule has 1 fully saturated rings. The third-order valence-electron chi connectivity index (χ3n) is 8.95. The molecule has 0 aliphatic carbocycles. The van der Waals surface area contributed by atoms with Crippen molar-refractivity contribution in [1.82, 2.24) is 4.68 Å². The zero-order valence-electron chi connectivity index (χ0n) is 27.7. The van der Waals surface area contributed by atoms with Crippen LogP contribution >= 0.6 is 0 Å². The molecule has 230 valence electrons. The predicted molar refractivity (Wildman–Crippen MR) is 192 cm³/mol. The number of amidine groups is 2. The molecular weight excluding hydrogens is 552 g/mol. The largest absolute Gasteiger partial charge is 0.281 e. The second-order valence-electron chi connectivity index (χ2n) is 13.3. The van der Waals surface area contributed by atoms with E-state index in [9.17, 15) is 10.8 Å². The second-order valence-corrected chi connectivity index (χ2v) is 13.3. The Morgan fingerprint density at radius 3 is 1.13 bits per heavy atom. The highest BCUT2D eigenvalue weighted by molar-refractivity contribution is 6.63. The summed E-state index contributed by atoms with van der Waals surface area (Å²) in [6.07, 6.45) is 0. The smallest absolute Gasteiger partial charge is 0.240 e. The maximum absolute atomic E-state index is 9.61. The standard InChI is InChI=1S/C39H44N6/c1-23(2)27-17-13-18-28(24(3)4)35(27)43-37(40)38(41)44(36-29(25(5)6)19-14-20-30(36)26(7)8)39(43)42-45-33-21-11-9-15-31(33)32-16-10-12-22-34(32)45/h9-26,40-41H,1-8H3. The summed E-state index contributed by atoms with van der Waals surface area (Å²) in [6, 6.07) is 29.6. The van der Waals surface area contributed by atoms with Gasteiger partial charge in [-0.15, -0.1) is 5.10 Å². The molecule has 1 aromatic heterocycles. The fourth-order valence-corrected chi connectivity index (χ4v) is 6.66.